The highest BCUT2D eigenvalue weighted by molar-refractivity contribution is 7.89. The van der Waals surface area contributed by atoms with E-state index in [-0.39, 0.29) is 42.1 Å². The molecule has 1 N–H and O–H groups in total. The van der Waals surface area contributed by atoms with Gasteiger partial charge in [0.05, 0.1) is 19.8 Å². The van der Waals surface area contributed by atoms with Crippen molar-refractivity contribution in [3.05, 3.63) is 17.6 Å². The molecule has 2 heterocycles. The topological polar surface area (TPSA) is 104 Å². The van der Waals surface area contributed by atoms with Crippen molar-refractivity contribution in [3.8, 4) is 0 Å². The maximum atomic E-state index is 13.1. The Labute approximate surface area is 179 Å². The predicted octanol–water partition coefficient (Wildman–Crippen LogP) is 1.17. The number of amides is 1. The third-order valence-electron chi connectivity index (χ3n) is 5.37. The Morgan fingerprint density at radius 1 is 1.17 bits per heavy atom. The lowest BCUT2D eigenvalue weighted by Gasteiger charge is -2.25. The first-order valence-corrected chi connectivity index (χ1v) is 12.1. The van der Waals surface area contributed by atoms with E-state index in [4.69, 9.17) is 14.3 Å². The highest BCUT2D eigenvalue weighted by atomic mass is 32.2. The summed E-state index contributed by atoms with van der Waals surface area (Å²) >= 11 is 0. The van der Waals surface area contributed by atoms with E-state index in [9.17, 15) is 13.2 Å². The molecule has 1 amide bonds. The summed E-state index contributed by atoms with van der Waals surface area (Å²) in [5.74, 6) is -0.113. The van der Waals surface area contributed by atoms with Crippen LogP contribution in [0, 0.1) is 6.92 Å². The number of aliphatic hydroxyl groups excluding tert-OH is 1. The second kappa shape index (κ2) is 11.8. The summed E-state index contributed by atoms with van der Waals surface area (Å²) < 4.78 is 38.1. The molecule has 1 fully saturated rings. The monoisotopic (exact) mass is 445 g/mol. The van der Waals surface area contributed by atoms with Crippen LogP contribution >= 0.6 is 0 Å². The largest absolute Gasteiger partial charge is 0.455 e. The molecule has 2 rings (SSSR count). The number of carbonyl (C=O) groups excluding carboxylic acids is 1. The average Bonchev–Trinajstić information content (AvgIpc) is 3.40. The van der Waals surface area contributed by atoms with Crippen molar-refractivity contribution in [1.82, 2.24) is 14.1 Å². The zero-order valence-corrected chi connectivity index (χ0v) is 19.1. The first-order valence-electron chi connectivity index (χ1n) is 10.7. The van der Waals surface area contributed by atoms with Crippen molar-refractivity contribution in [1.29, 1.82) is 0 Å². The van der Waals surface area contributed by atoms with Crippen LogP contribution in [0.3, 0.4) is 0 Å². The second-order valence-corrected chi connectivity index (χ2v) is 9.20. The highest BCUT2D eigenvalue weighted by Gasteiger charge is 2.32. The molecule has 0 aliphatic carbocycles. The van der Waals surface area contributed by atoms with Crippen LogP contribution in [0.25, 0.3) is 0 Å². The third-order valence-corrected chi connectivity index (χ3v) is 7.38. The number of hydrogen-bond acceptors (Lipinski definition) is 7. The molecule has 30 heavy (non-hydrogen) atoms. The van der Waals surface area contributed by atoms with E-state index >= 15 is 0 Å². The van der Waals surface area contributed by atoms with Gasteiger partial charge in [-0.05, 0) is 32.9 Å². The molecule has 0 saturated carbocycles. The van der Waals surface area contributed by atoms with E-state index in [0.717, 1.165) is 25.9 Å². The Hall–Kier alpha value is -1.46. The van der Waals surface area contributed by atoms with E-state index in [1.807, 2.05) is 0 Å². The SMILES string of the molecule is CCN(CC)CCN(CCOCCO)C(=O)c1cc(S(=O)(=O)N2CCCC2)c(C)o1. The number of likely N-dealkylation sites (N-methyl/N-ethyl adjacent to an activating group) is 1. The van der Waals surface area contributed by atoms with Gasteiger partial charge in [-0.15, -0.1) is 0 Å². The molecule has 1 saturated heterocycles. The normalized spacial score (nSPS) is 15.2. The minimum absolute atomic E-state index is 0.0203. The van der Waals surface area contributed by atoms with Crippen LogP contribution < -0.4 is 0 Å². The quantitative estimate of drug-likeness (QED) is 0.455. The van der Waals surface area contributed by atoms with Crippen LogP contribution in [0.2, 0.25) is 0 Å². The number of aryl methyl sites for hydroxylation is 1. The van der Waals surface area contributed by atoms with Crippen LogP contribution in [0.5, 0.6) is 0 Å². The number of rotatable bonds is 13. The molecule has 0 radical (unpaired) electrons. The summed E-state index contributed by atoms with van der Waals surface area (Å²) in [6, 6.07) is 1.35. The van der Waals surface area contributed by atoms with Gasteiger partial charge in [0.15, 0.2) is 5.76 Å². The summed E-state index contributed by atoms with van der Waals surface area (Å²) in [4.78, 5) is 17.0. The van der Waals surface area contributed by atoms with Crippen molar-refractivity contribution in [2.24, 2.45) is 0 Å². The summed E-state index contributed by atoms with van der Waals surface area (Å²) in [6.07, 6.45) is 1.68. The molecular weight excluding hydrogens is 410 g/mol. The Morgan fingerprint density at radius 2 is 1.83 bits per heavy atom. The van der Waals surface area contributed by atoms with Gasteiger partial charge in [-0.1, -0.05) is 13.8 Å². The Kier molecular flexibility index (Phi) is 9.76. The summed E-state index contributed by atoms with van der Waals surface area (Å²) in [6.45, 7) is 10.3. The van der Waals surface area contributed by atoms with Crippen molar-refractivity contribution < 1.29 is 27.5 Å². The smallest absolute Gasteiger partial charge is 0.289 e. The Balaban J connectivity index is 2.17. The molecule has 1 aliphatic rings. The van der Waals surface area contributed by atoms with E-state index in [1.54, 1.807) is 11.8 Å². The van der Waals surface area contributed by atoms with E-state index in [0.29, 0.717) is 32.7 Å². The number of furan rings is 1. The van der Waals surface area contributed by atoms with Crippen molar-refractivity contribution in [2.45, 2.75) is 38.5 Å². The van der Waals surface area contributed by atoms with Gasteiger partial charge in [0, 0.05) is 38.8 Å². The first kappa shape index (κ1) is 24.8. The van der Waals surface area contributed by atoms with Gasteiger partial charge < -0.3 is 24.1 Å². The van der Waals surface area contributed by atoms with Crippen molar-refractivity contribution in [3.63, 3.8) is 0 Å². The van der Waals surface area contributed by atoms with Crippen LogP contribution in [0.15, 0.2) is 15.4 Å². The van der Waals surface area contributed by atoms with E-state index < -0.39 is 10.0 Å². The summed E-state index contributed by atoms with van der Waals surface area (Å²) in [5.41, 5.74) is 0. The molecular formula is C20H35N3O6S. The number of hydrogen-bond donors (Lipinski definition) is 1. The van der Waals surface area contributed by atoms with Gasteiger partial charge in [-0.25, -0.2) is 8.42 Å². The van der Waals surface area contributed by atoms with Crippen LogP contribution in [-0.4, -0.2) is 99.2 Å². The maximum Gasteiger partial charge on any atom is 0.289 e. The van der Waals surface area contributed by atoms with Crippen LogP contribution in [0.1, 0.15) is 43.0 Å². The molecule has 0 unspecified atom stereocenters. The average molecular weight is 446 g/mol. The van der Waals surface area contributed by atoms with Gasteiger partial charge in [-0.2, -0.15) is 4.31 Å². The minimum atomic E-state index is -3.66. The molecule has 0 atom stereocenters. The fourth-order valence-corrected chi connectivity index (χ4v) is 5.19. The van der Waals surface area contributed by atoms with Gasteiger partial charge in [-0.3, -0.25) is 4.79 Å². The number of ether oxygens (including phenoxy) is 1. The minimum Gasteiger partial charge on any atom is -0.455 e. The molecule has 0 bridgehead atoms. The lowest BCUT2D eigenvalue weighted by molar-refractivity contribution is 0.0525. The third kappa shape index (κ3) is 6.27. The number of sulfonamides is 1. The predicted molar refractivity (Wildman–Crippen MR) is 113 cm³/mol. The number of aliphatic hydroxyl groups is 1. The van der Waals surface area contributed by atoms with Gasteiger partial charge >= 0.3 is 0 Å². The molecule has 0 spiro atoms. The molecule has 10 heteroatoms. The summed E-state index contributed by atoms with van der Waals surface area (Å²) in [7, 11) is -3.66. The highest BCUT2D eigenvalue weighted by Crippen LogP contribution is 2.27. The molecule has 1 aromatic heterocycles. The Morgan fingerprint density at radius 3 is 2.43 bits per heavy atom. The summed E-state index contributed by atoms with van der Waals surface area (Å²) in [5, 5.41) is 8.87. The fourth-order valence-electron chi connectivity index (χ4n) is 3.51. The zero-order chi connectivity index (χ0) is 22.1. The number of carbonyl (C=O) groups is 1. The number of nitrogens with zero attached hydrogens (tertiary/aromatic N) is 3. The lowest BCUT2D eigenvalue weighted by atomic mass is 10.3. The molecule has 0 aromatic carbocycles. The standard InChI is InChI=1S/C20H35N3O6S/c1-4-21(5-2)10-11-22(12-14-28-15-13-24)20(25)18-16-19(17(3)29-18)30(26,27)23-8-6-7-9-23/h16,24H,4-15H2,1-3H3. The van der Waals surface area contributed by atoms with E-state index in [2.05, 4.69) is 18.7 Å². The second-order valence-electron chi connectivity index (χ2n) is 7.30. The van der Waals surface area contributed by atoms with Gasteiger partial charge in [0.2, 0.25) is 10.0 Å². The van der Waals surface area contributed by atoms with Gasteiger partial charge in [0.25, 0.3) is 5.91 Å². The van der Waals surface area contributed by atoms with Gasteiger partial charge in [0.1, 0.15) is 10.7 Å². The van der Waals surface area contributed by atoms with Crippen molar-refractivity contribution in [2.75, 3.05) is 65.6 Å². The Bertz CT molecular complexity index is 770. The molecule has 172 valence electrons. The fraction of sp³-hybridized carbons (Fsp3) is 0.750. The lowest BCUT2D eigenvalue weighted by Crippen LogP contribution is -2.40. The van der Waals surface area contributed by atoms with Crippen molar-refractivity contribution >= 4 is 15.9 Å². The van der Waals surface area contributed by atoms with Crippen LogP contribution in [-0.2, 0) is 14.8 Å². The maximum absolute atomic E-state index is 13.1. The molecule has 1 aromatic rings. The molecule has 9 nitrogen and oxygen atoms in total. The first-order chi connectivity index (χ1) is 14.3. The molecule has 1 aliphatic heterocycles. The zero-order valence-electron chi connectivity index (χ0n) is 18.3. The van der Waals surface area contributed by atoms with Crippen LogP contribution in [0.4, 0.5) is 0 Å². The van der Waals surface area contributed by atoms with E-state index in [1.165, 1.54) is 10.4 Å².